The Kier molecular flexibility index (Phi) is 4.44. The van der Waals surface area contributed by atoms with E-state index in [-0.39, 0.29) is 22.0 Å². The molecular weight excluding hydrogens is 362 g/mol. The minimum Gasteiger partial charge on any atom is -0.398 e. The highest BCUT2D eigenvalue weighted by molar-refractivity contribution is 9.10. The number of nitrogens with zero attached hydrogens (tertiary/aromatic N) is 1. The van der Waals surface area contributed by atoms with Gasteiger partial charge in [-0.15, -0.1) is 0 Å². The molecule has 0 bridgehead atoms. The number of benzene rings is 2. The van der Waals surface area contributed by atoms with Crippen LogP contribution < -0.4 is 11.1 Å². The summed E-state index contributed by atoms with van der Waals surface area (Å²) in [5.41, 5.74) is 6.48. The minimum absolute atomic E-state index is 0.0771. The maximum Gasteiger partial charge on any atom is 0.271 e. The molecule has 0 atom stereocenters. The van der Waals surface area contributed by atoms with Crippen molar-refractivity contribution in [1.82, 2.24) is 0 Å². The van der Waals surface area contributed by atoms with Gasteiger partial charge in [0, 0.05) is 22.3 Å². The van der Waals surface area contributed by atoms with E-state index in [1.807, 2.05) is 0 Å². The number of carbonyl (C=O) groups excluding carboxylic acids is 1. The van der Waals surface area contributed by atoms with Crippen LogP contribution in [-0.2, 0) is 0 Å². The van der Waals surface area contributed by atoms with Crippen LogP contribution in [0.3, 0.4) is 0 Å². The fraction of sp³-hybridized carbons (Fsp3) is 0. The Labute approximate surface area is 133 Å². The second-order valence-electron chi connectivity index (χ2n) is 4.11. The smallest absolute Gasteiger partial charge is 0.271 e. The molecule has 0 saturated carbocycles. The predicted octanol–water partition coefficient (Wildman–Crippen LogP) is 3.85. The van der Waals surface area contributed by atoms with Gasteiger partial charge in [0.25, 0.3) is 11.6 Å². The second-order valence-corrected chi connectivity index (χ2v) is 5.43. The lowest BCUT2D eigenvalue weighted by Crippen LogP contribution is -2.14. The first-order valence-corrected chi connectivity index (χ1v) is 6.86. The van der Waals surface area contributed by atoms with Gasteiger partial charge in [0.2, 0.25) is 0 Å². The van der Waals surface area contributed by atoms with Gasteiger partial charge in [0.1, 0.15) is 0 Å². The van der Waals surface area contributed by atoms with Gasteiger partial charge in [-0.05, 0) is 24.3 Å². The molecule has 8 heteroatoms. The molecule has 0 heterocycles. The number of rotatable bonds is 3. The van der Waals surface area contributed by atoms with E-state index in [0.717, 1.165) is 4.47 Å². The molecule has 0 unspecified atom stereocenters. The van der Waals surface area contributed by atoms with E-state index < -0.39 is 10.8 Å². The molecule has 2 aromatic rings. The zero-order valence-corrected chi connectivity index (χ0v) is 12.8. The van der Waals surface area contributed by atoms with E-state index in [4.69, 9.17) is 17.3 Å². The number of anilines is 2. The second kappa shape index (κ2) is 6.11. The summed E-state index contributed by atoms with van der Waals surface area (Å²) < 4.78 is 0.755. The van der Waals surface area contributed by atoms with Crippen LogP contribution in [0.25, 0.3) is 0 Å². The molecule has 108 valence electrons. The van der Waals surface area contributed by atoms with Gasteiger partial charge in [-0.25, -0.2) is 0 Å². The molecule has 2 rings (SSSR count). The zero-order valence-electron chi connectivity index (χ0n) is 10.5. The van der Waals surface area contributed by atoms with Gasteiger partial charge in [-0.1, -0.05) is 27.5 Å². The lowest BCUT2D eigenvalue weighted by molar-refractivity contribution is -0.384. The van der Waals surface area contributed by atoms with Gasteiger partial charge < -0.3 is 11.1 Å². The van der Waals surface area contributed by atoms with Gasteiger partial charge in [0.05, 0.1) is 21.2 Å². The van der Waals surface area contributed by atoms with E-state index in [9.17, 15) is 14.9 Å². The lowest BCUT2D eigenvalue weighted by atomic mass is 10.1. The highest BCUT2D eigenvalue weighted by Gasteiger charge is 2.14. The van der Waals surface area contributed by atoms with Crippen molar-refractivity contribution in [3.05, 3.63) is 61.6 Å². The van der Waals surface area contributed by atoms with Crippen LogP contribution in [0.2, 0.25) is 5.02 Å². The number of nitrogens with two attached hydrogens (primary N) is 1. The van der Waals surface area contributed by atoms with E-state index in [1.165, 1.54) is 18.2 Å². The van der Waals surface area contributed by atoms with Crippen molar-refractivity contribution < 1.29 is 9.72 Å². The van der Waals surface area contributed by atoms with Crippen LogP contribution >= 0.6 is 27.5 Å². The summed E-state index contributed by atoms with van der Waals surface area (Å²) in [7, 11) is 0. The van der Waals surface area contributed by atoms with E-state index in [1.54, 1.807) is 18.2 Å². The highest BCUT2D eigenvalue weighted by Crippen LogP contribution is 2.27. The Morgan fingerprint density at radius 1 is 1.29 bits per heavy atom. The molecular formula is C13H9BrClN3O3. The summed E-state index contributed by atoms with van der Waals surface area (Å²) in [5.74, 6) is -0.448. The molecule has 2 aromatic carbocycles. The van der Waals surface area contributed by atoms with Crippen molar-refractivity contribution in [3.8, 4) is 0 Å². The largest absolute Gasteiger partial charge is 0.398 e. The van der Waals surface area contributed by atoms with Crippen molar-refractivity contribution >= 4 is 50.5 Å². The first-order chi connectivity index (χ1) is 9.88. The van der Waals surface area contributed by atoms with Gasteiger partial charge >= 0.3 is 0 Å². The zero-order chi connectivity index (χ0) is 15.6. The van der Waals surface area contributed by atoms with Crippen LogP contribution in [0, 0.1) is 10.1 Å². The Morgan fingerprint density at radius 3 is 2.57 bits per heavy atom. The molecule has 0 aliphatic rings. The van der Waals surface area contributed by atoms with Crippen LogP contribution in [0.5, 0.6) is 0 Å². The third-order valence-electron chi connectivity index (χ3n) is 2.67. The third-order valence-corrected chi connectivity index (χ3v) is 3.48. The topological polar surface area (TPSA) is 98.3 Å². The van der Waals surface area contributed by atoms with Crippen LogP contribution in [-0.4, -0.2) is 10.8 Å². The summed E-state index contributed by atoms with van der Waals surface area (Å²) in [5, 5.41) is 13.3. The predicted molar refractivity (Wildman–Crippen MR) is 84.6 cm³/mol. The lowest BCUT2D eigenvalue weighted by Gasteiger charge is -2.09. The molecule has 0 fully saturated rings. The normalized spacial score (nSPS) is 10.2. The Bertz CT molecular complexity index is 737. The fourth-order valence-corrected chi connectivity index (χ4v) is 2.25. The summed E-state index contributed by atoms with van der Waals surface area (Å²) in [6.07, 6.45) is 0. The number of nitrogen functional groups attached to an aromatic ring is 1. The van der Waals surface area contributed by atoms with Crippen LogP contribution in [0.4, 0.5) is 17.1 Å². The summed E-state index contributed by atoms with van der Waals surface area (Å²) in [6, 6.07) is 8.64. The molecule has 0 saturated heterocycles. The van der Waals surface area contributed by atoms with E-state index in [2.05, 4.69) is 21.2 Å². The molecule has 0 radical (unpaired) electrons. The number of nitrogens with one attached hydrogen (secondary N) is 1. The van der Waals surface area contributed by atoms with Crippen molar-refractivity contribution in [2.24, 2.45) is 0 Å². The Morgan fingerprint density at radius 2 is 2.00 bits per heavy atom. The fourth-order valence-electron chi connectivity index (χ4n) is 1.65. The number of amides is 1. The Balaban J connectivity index is 2.25. The minimum atomic E-state index is -0.565. The number of hydrogen-bond acceptors (Lipinski definition) is 4. The monoisotopic (exact) mass is 369 g/mol. The van der Waals surface area contributed by atoms with Gasteiger partial charge in [-0.2, -0.15) is 0 Å². The van der Waals surface area contributed by atoms with Crippen molar-refractivity contribution in [3.63, 3.8) is 0 Å². The number of non-ortho nitro benzene ring substituents is 1. The maximum atomic E-state index is 12.1. The summed E-state index contributed by atoms with van der Waals surface area (Å²) in [4.78, 5) is 22.2. The van der Waals surface area contributed by atoms with E-state index in [0.29, 0.717) is 5.69 Å². The molecule has 21 heavy (non-hydrogen) atoms. The quantitative estimate of drug-likeness (QED) is 0.487. The average molecular weight is 371 g/mol. The van der Waals surface area contributed by atoms with Crippen molar-refractivity contribution in [2.75, 3.05) is 11.1 Å². The summed E-state index contributed by atoms with van der Waals surface area (Å²) in [6.45, 7) is 0. The molecule has 0 spiro atoms. The molecule has 6 nitrogen and oxygen atoms in total. The molecule has 0 aliphatic carbocycles. The molecule has 1 amide bonds. The SMILES string of the molecule is Nc1cc(Br)ccc1C(=O)Nc1ccc([N+](=O)[O-])cc1Cl. The van der Waals surface area contributed by atoms with Crippen molar-refractivity contribution in [2.45, 2.75) is 0 Å². The van der Waals surface area contributed by atoms with E-state index >= 15 is 0 Å². The first kappa shape index (κ1) is 15.3. The molecule has 3 N–H and O–H groups in total. The first-order valence-electron chi connectivity index (χ1n) is 5.69. The number of halogens is 2. The summed E-state index contributed by atoms with van der Waals surface area (Å²) >= 11 is 9.16. The van der Waals surface area contributed by atoms with Crippen LogP contribution in [0.15, 0.2) is 40.9 Å². The number of nitro groups is 1. The average Bonchev–Trinajstić information content (AvgIpc) is 2.40. The highest BCUT2D eigenvalue weighted by atomic mass is 79.9. The van der Waals surface area contributed by atoms with Gasteiger partial charge in [-0.3, -0.25) is 14.9 Å². The third kappa shape index (κ3) is 3.50. The standard InChI is InChI=1S/C13H9BrClN3O3/c14-7-1-3-9(11(16)5-7)13(19)17-12-4-2-8(18(20)21)6-10(12)15/h1-6H,16H2,(H,17,19). The van der Waals surface area contributed by atoms with Gasteiger partial charge in [0.15, 0.2) is 0 Å². The Hall–Kier alpha value is -2.12. The number of carbonyl (C=O) groups is 1. The van der Waals surface area contributed by atoms with Crippen LogP contribution in [0.1, 0.15) is 10.4 Å². The molecule has 0 aliphatic heterocycles. The maximum absolute atomic E-state index is 12.1. The number of hydrogen-bond donors (Lipinski definition) is 2. The molecule has 0 aromatic heterocycles. The number of nitro benzene ring substituents is 1. The van der Waals surface area contributed by atoms with Crippen molar-refractivity contribution in [1.29, 1.82) is 0 Å².